The van der Waals surface area contributed by atoms with E-state index in [2.05, 4.69) is 6.07 Å². The molecule has 1 saturated carbocycles. The van der Waals surface area contributed by atoms with Crippen molar-refractivity contribution in [1.29, 1.82) is 0 Å². The highest BCUT2D eigenvalue weighted by atomic mass is 35.5. The van der Waals surface area contributed by atoms with Crippen molar-refractivity contribution in [3.8, 4) is 5.75 Å². The fraction of sp³-hybridized carbons (Fsp3) is 0.409. The lowest BCUT2D eigenvalue weighted by Crippen LogP contribution is -2.16. The Balaban J connectivity index is 1.90. The third kappa shape index (κ3) is 4.21. The maximum Gasteiger partial charge on any atom is 0.338 e. The Morgan fingerprint density at radius 3 is 2.58 bits per heavy atom. The van der Waals surface area contributed by atoms with Gasteiger partial charge in [-0.3, -0.25) is 0 Å². The summed E-state index contributed by atoms with van der Waals surface area (Å²) in [4.78, 5) is 12.5. The summed E-state index contributed by atoms with van der Waals surface area (Å²) in [5, 5.41) is 0.681. The minimum absolute atomic E-state index is 0.154. The van der Waals surface area contributed by atoms with E-state index in [0.29, 0.717) is 23.1 Å². The lowest BCUT2D eigenvalue weighted by Gasteiger charge is -2.17. The molecule has 26 heavy (non-hydrogen) atoms. The number of benzene rings is 2. The number of ether oxygens (including phenoxy) is 2. The van der Waals surface area contributed by atoms with E-state index in [1.165, 1.54) is 5.56 Å². The van der Waals surface area contributed by atoms with E-state index >= 15 is 0 Å². The third-order valence-electron chi connectivity index (χ3n) is 4.62. The van der Waals surface area contributed by atoms with Crippen LogP contribution in [0.2, 0.25) is 5.02 Å². The van der Waals surface area contributed by atoms with E-state index in [1.807, 2.05) is 52.0 Å². The summed E-state index contributed by atoms with van der Waals surface area (Å²) < 4.78 is 11.5. The van der Waals surface area contributed by atoms with Gasteiger partial charge in [0.05, 0.1) is 11.7 Å². The first-order valence-electron chi connectivity index (χ1n) is 9.09. The van der Waals surface area contributed by atoms with Gasteiger partial charge in [-0.2, -0.15) is 0 Å². The van der Waals surface area contributed by atoms with Gasteiger partial charge in [-0.05, 0) is 75.3 Å². The fourth-order valence-electron chi connectivity index (χ4n) is 3.12. The Hall–Kier alpha value is -2.00. The van der Waals surface area contributed by atoms with Gasteiger partial charge in [-0.15, -0.1) is 0 Å². The van der Waals surface area contributed by atoms with E-state index in [1.54, 1.807) is 0 Å². The van der Waals surface area contributed by atoms with E-state index in [4.69, 9.17) is 21.1 Å². The molecule has 0 aromatic heterocycles. The molecule has 0 heterocycles. The van der Waals surface area contributed by atoms with Crippen LogP contribution in [0.4, 0.5) is 0 Å². The van der Waals surface area contributed by atoms with E-state index in [9.17, 15) is 4.79 Å². The molecule has 2 aromatic rings. The number of carbonyl (C=O) groups excluding carboxylic acids is 1. The quantitative estimate of drug-likeness (QED) is 0.585. The topological polar surface area (TPSA) is 35.5 Å². The van der Waals surface area contributed by atoms with Crippen LogP contribution >= 0.6 is 11.6 Å². The van der Waals surface area contributed by atoms with Crippen LogP contribution in [0.5, 0.6) is 5.75 Å². The molecule has 0 radical (unpaired) electrons. The smallest absolute Gasteiger partial charge is 0.338 e. The Morgan fingerprint density at radius 2 is 1.92 bits per heavy atom. The maximum atomic E-state index is 12.5. The molecule has 0 saturated heterocycles. The molecule has 0 N–H and O–H groups in total. The Bertz CT molecular complexity index is 822. The molecule has 0 amide bonds. The zero-order chi connectivity index (χ0) is 18.8. The van der Waals surface area contributed by atoms with Gasteiger partial charge in [0, 0.05) is 10.6 Å². The summed E-state index contributed by atoms with van der Waals surface area (Å²) in [6.07, 6.45) is 2.16. The van der Waals surface area contributed by atoms with Crippen molar-refractivity contribution in [1.82, 2.24) is 0 Å². The lowest BCUT2D eigenvalue weighted by molar-refractivity contribution is 0.0375. The normalized spacial score (nSPS) is 13.8. The van der Waals surface area contributed by atoms with Crippen molar-refractivity contribution in [2.24, 2.45) is 0 Å². The molecular formula is C22H25ClO3. The molecule has 0 spiro atoms. The summed E-state index contributed by atoms with van der Waals surface area (Å²) in [7, 11) is 0. The van der Waals surface area contributed by atoms with Gasteiger partial charge in [-0.25, -0.2) is 4.79 Å². The number of esters is 1. The number of hydrogen-bond acceptors (Lipinski definition) is 3. The molecule has 4 heteroatoms. The Labute approximate surface area is 160 Å². The van der Waals surface area contributed by atoms with Crippen LogP contribution in [0, 0.1) is 13.8 Å². The van der Waals surface area contributed by atoms with Gasteiger partial charge in [0.2, 0.25) is 0 Å². The minimum Gasteiger partial charge on any atom is -0.489 e. The van der Waals surface area contributed by atoms with Gasteiger partial charge >= 0.3 is 5.97 Å². The molecule has 0 bridgehead atoms. The fourth-order valence-corrected chi connectivity index (χ4v) is 3.28. The van der Waals surface area contributed by atoms with Crippen molar-refractivity contribution >= 4 is 17.6 Å². The first-order chi connectivity index (χ1) is 12.4. The zero-order valence-electron chi connectivity index (χ0n) is 15.8. The van der Waals surface area contributed by atoms with Crippen molar-refractivity contribution in [3.05, 3.63) is 63.2 Å². The van der Waals surface area contributed by atoms with Gasteiger partial charge < -0.3 is 9.47 Å². The van der Waals surface area contributed by atoms with Gasteiger partial charge in [0.1, 0.15) is 12.4 Å². The summed E-state index contributed by atoms with van der Waals surface area (Å²) in [6.45, 7) is 8.02. The number of carbonyl (C=O) groups is 1. The molecule has 3 rings (SSSR count). The largest absolute Gasteiger partial charge is 0.489 e. The van der Waals surface area contributed by atoms with Crippen LogP contribution in [0.1, 0.15) is 65.2 Å². The average Bonchev–Trinajstić information content (AvgIpc) is 3.41. The van der Waals surface area contributed by atoms with E-state index in [0.717, 1.165) is 35.3 Å². The number of hydrogen-bond donors (Lipinski definition) is 0. The maximum absolute atomic E-state index is 12.5. The molecule has 2 aromatic carbocycles. The second-order valence-electron chi connectivity index (χ2n) is 7.26. The molecule has 1 aliphatic carbocycles. The molecule has 1 aliphatic rings. The number of rotatable bonds is 6. The molecule has 138 valence electrons. The molecule has 0 unspecified atom stereocenters. The molecular weight excluding hydrogens is 348 g/mol. The highest BCUT2D eigenvalue weighted by Crippen LogP contribution is 2.43. The number of aryl methyl sites for hydroxylation is 2. The van der Waals surface area contributed by atoms with Crippen LogP contribution in [0.3, 0.4) is 0 Å². The number of halogens is 1. The van der Waals surface area contributed by atoms with Crippen LogP contribution in [0.15, 0.2) is 30.3 Å². The second-order valence-corrected chi connectivity index (χ2v) is 7.66. The predicted molar refractivity (Wildman–Crippen MR) is 104 cm³/mol. The van der Waals surface area contributed by atoms with Gasteiger partial charge in [0.25, 0.3) is 0 Å². The highest BCUT2D eigenvalue weighted by Gasteiger charge is 2.29. The van der Waals surface area contributed by atoms with Crippen molar-refractivity contribution in [3.63, 3.8) is 0 Å². The summed E-state index contributed by atoms with van der Waals surface area (Å²) >= 11 is 6.24. The first kappa shape index (κ1) is 18.8. The monoisotopic (exact) mass is 372 g/mol. The SMILES string of the molecule is Cc1cc(C)c(OCc2c(C(=O)OC(C)C)cccc2C2CC2)cc1Cl. The van der Waals surface area contributed by atoms with Crippen molar-refractivity contribution in [2.45, 2.75) is 59.2 Å². The lowest BCUT2D eigenvalue weighted by atomic mass is 9.98. The highest BCUT2D eigenvalue weighted by molar-refractivity contribution is 6.31. The second kappa shape index (κ2) is 7.71. The van der Waals surface area contributed by atoms with Crippen LogP contribution in [-0.2, 0) is 11.3 Å². The predicted octanol–water partition coefficient (Wildman–Crippen LogP) is 5.98. The molecule has 0 atom stereocenters. The van der Waals surface area contributed by atoms with Crippen molar-refractivity contribution < 1.29 is 14.3 Å². The molecule has 3 nitrogen and oxygen atoms in total. The van der Waals surface area contributed by atoms with Crippen LogP contribution < -0.4 is 4.74 Å². The zero-order valence-corrected chi connectivity index (χ0v) is 16.5. The van der Waals surface area contributed by atoms with Gasteiger partial charge in [0.15, 0.2) is 0 Å². The van der Waals surface area contributed by atoms with Crippen molar-refractivity contribution in [2.75, 3.05) is 0 Å². The van der Waals surface area contributed by atoms with Crippen LogP contribution in [-0.4, -0.2) is 12.1 Å². The Kier molecular flexibility index (Phi) is 5.57. The summed E-state index contributed by atoms with van der Waals surface area (Å²) in [5.74, 6) is 0.970. The van der Waals surface area contributed by atoms with Crippen LogP contribution in [0.25, 0.3) is 0 Å². The van der Waals surface area contributed by atoms with Gasteiger partial charge in [-0.1, -0.05) is 29.8 Å². The summed E-state index contributed by atoms with van der Waals surface area (Å²) in [5.41, 5.74) is 4.77. The minimum atomic E-state index is -0.292. The van der Waals surface area contributed by atoms with E-state index < -0.39 is 0 Å². The van der Waals surface area contributed by atoms with E-state index in [-0.39, 0.29) is 12.1 Å². The standard InChI is InChI=1S/C22H25ClO3/c1-13(2)26-22(24)18-7-5-6-17(16-8-9-16)19(18)12-25-21-11-20(23)14(3)10-15(21)4/h5-7,10-11,13,16H,8-9,12H2,1-4H3. The molecule has 1 fully saturated rings. The Morgan fingerprint density at radius 1 is 1.19 bits per heavy atom. The first-order valence-corrected chi connectivity index (χ1v) is 9.47. The molecule has 0 aliphatic heterocycles. The summed E-state index contributed by atoms with van der Waals surface area (Å²) in [6, 6.07) is 9.71. The third-order valence-corrected chi connectivity index (χ3v) is 5.03. The average molecular weight is 373 g/mol.